The van der Waals surface area contributed by atoms with Crippen molar-refractivity contribution in [2.45, 2.75) is 26.1 Å². The van der Waals surface area contributed by atoms with Crippen molar-refractivity contribution >= 4 is 5.91 Å². The number of hydrogen-bond donors (Lipinski definition) is 0. The van der Waals surface area contributed by atoms with E-state index in [0.717, 1.165) is 5.56 Å². The fraction of sp³-hybridized carbons (Fsp3) is 0.412. The SMILES string of the molecule is CCOc1nc(C(=O)N2CC(C)OC(c3ccc(F)cc3)C2)co1. The second-order valence-corrected chi connectivity index (χ2v) is 5.63. The number of oxazole rings is 1. The summed E-state index contributed by atoms with van der Waals surface area (Å²) in [7, 11) is 0. The summed E-state index contributed by atoms with van der Waals surface area (Å²) < 4.78 is 29.2. The van der Waals surface area contributed by atoms with Gasteiger partial charge in [-0.05, 0) is 31.5 Å². The molecule has 24 heavy (non-hydrogen) atoms. The van der Waals surface area contributed by atoms with E-state index in [0.29, 0.717) is 19.7 Å². The molecule has 0 saturated carbocycles. The highest BCUT2D eigenvalue weighted by atomic mass is 19.1. The molecule has 1 amide bonds. The molecule has 0 radical (unpaired) electrons. The zero-order valence-corrected chi connectivity index (χ0v) is 13.6. The first-order valence-electron chi connectivity index (χ1n) is 7.85. The van der Waals surface area contributed by atoms with Crippen molar-refractivity contribution in [1.82, 2.24) is 9.88 Å². The topological polar surface area (TPSA) is 64.8 Å². The molecule has 128 valence electrons. The molecule has 1 fully saturated rings. The lowest BCUT2D eigenvalue weighted by Crippen LogP contribution is -2.46. The Kier molecular flexibility index (Phi) is 4.80. The normalized spacial score (nSPS) is 20.9. The van der Waals surface area contributed by atoms with Crippen LogP contribution in [-0.2, 0) is 4.74 Å². The van der Waals surface area contributed by atoms with E-state index in [1.807, 2.05) is 13.8 Å². The van der Waals surface area contributed by atoms with Gasteiger partial charge in [0.2, 0.25) is 0 Å². The van der Waals surface area contributed by atoms with E-state index in [4.69, 9.17) is 13.9 Å². The first-order chi connectivity index (χ1) is 11.6. The predicted molar refractivity (Wildman–Crippen MR) is 83.3 cm³/mol. The van der Waals surface area contributed by atoms with Crippen LogP contribution in [0.5, 0.6) is 6.08 Å². The third kappa shape index (κ3) is 3.56. The molecule has 0 N–H and O–H groups in total. The minimum absolute atomic E-state index is 0.0808. The van der Waals surface area contributed by atoms with Gasteiger partial charge in [0.1, 0.15) is 18.2 Å². The number of aromatic nitrogens is 1. The Morgan fingerprint density at radius 2 is 2.12 bits per heavy atom. The van der Waals surface area contributed by atoms with E-state index in [1.165, 1.54) is 18.4 Å². The highest BCUT2D eigenvalue weighted by Gasteiger charge is 2.31. The van der Waals surface area contributed by atoms with E-state index < -0.39 is 0 Å². The Hall–Kier alpha value is -2.41. The van der Waals surface area contributed by atoms with Crippen molar-refractivity contribution in [2.24, 2.45) is 0 Å². The molecule has 1 aliphatic rings. The van der Waals surface area contributed by atoms with Crippen molar-refractivity contribution in [3.05, 3.63) is 47.6 Å². The molecular formula is C17H19FN2O4. The quantitative estimate of drug-likeness (QED) is 0.860. The molecule has 2 heterocycles. The fourth-order valence-corrected chi connectivity index (χ4v) is 2.69. The Bertz CT molecular complexity index is 701. The number of rotatable bonds is 4. The number of carbonyl (C=O) groups is 1. The Morgan fingerprint density at radius 3 is 2.83 bits per heavy atom. The zero-order valence-electron chi connectivity index (χ0n) is 13.6. The Morgan fingerprint density at radius 1 is 1.38 bits per heavy atom. The molecule has 1 aliphatic heterocycles. The van der Waals surface area contributed by atoms with Crippen LogP contribution < -0.4 is 4.74 Å². The van der Waals surface area contributed by atoms with E-state index in [2.05, 4.69) is 4.98 Å². The fourth-order valence-electron chi connectivity index (χ4n) is 2.69. The van der Waals surface area contributed by atoms with Crippen molar-refractivity contribution in [1.29, 1.82) is 0 Å². The van der Waals surface area contributed by atoms with E-state index in [9.17, 15) is 9.18 Å². The van der Waals surface area contributed by atoms with Crippen LogP contribution in [0.15, 0.2) is 34.9 Å². The summed E-state index contributed by atoms with van der Waals surface area (Å²) in [6, 6.07) is 6.11. The van der Waals surface area contributed by atoms with Gasteiger partial charge in [-0.2, -0.15) is 4.98 Å². The van der Waals surface area contributed by atoms with Gasteiger partial charge in [0.25, 0.3) is 5.91 Å². The molecule has 0 aliphatic carbocycles. The average Bonchev–Trinajstić information content (AvgIpc) is 3.03. The summed E-state index contributed by atoms with van der Waals surface area (Å²) >= 11 is 0. The smallest absolute Gasteiger partial charge is 0.394 e. The van der Waals surface area contributed by atoms with Crippen molar-refractivity contribution in [3.8, 4) is 6.08 Å². The van der Waals surface area contributed by atoms with Crippen LogP contribution in [0.25, 0.3) is 0 Å². The lowest BCUT2D eigenvalue weighted by atomic mass is 10.1. The number of benzene rings is 1. The van der Waals surface area contributed by atoms with Gasteiger partial charge in [-0.25, -0.2) is 4.39 Å². The van der Waals surface area contributed by atoms with Crippen molar-refractivity contribution in [2.75, 3.05) is 19.7 Å². The lowest BCUT2D eigenvalue weighted by molar-refractivity contribution is -0.0693. The maximum absolute atomic E-state index is 13.1. The number of morpholine rings is 1. The minimum Gasteiger partial charge on any atom is -0.450 e. The molecule has 2 unspecified atom stereocenters. The molecule has 1 aromatic heterocycles. The van der Waals surface area contributed by atoms with Crippen LogP contribution in [0.2, 0.25) is 0 Å². The van der Waals surface area contributed by atoms with Gasteiger partial charge in [0, 0.05) is 6.54 Å². The average molecular weight is 334 g/mol. The molecular weight excluding hydrogens is 315 g/mol. The van der Waals surface area contributed by atoms with Gasteiger partial charge in [0.05, 0.1) is 19.3 Å². The number of amides is 1. The highest BCUT2D eigenvalue weighted by Crippen LogP contribution is 2.26. The molecule has 7 heteroatoms. The molecule has 0 spiro atoms. The number of hydrogen-bond acceptors (Lipinski definition) is 5. The summed E-state index contributed by atoms with van der Waals surface area (Å²) in [5.41, 5.74) is 1.03. The molecule has 1 aromatic carbocycles. The molecule has 0 bridgehead atoms. The van der Waals surface area contributed by atoms with Crippen LogP contribution in [0, 0.1) is 5.82 Å². The second kappa shape index (κ2) is 7.00. The first-order valence-corrected chi connectivity index (χ1v) is 7.85. The third-order valence-electron chi connectivity index (χ3n) is 3.76. The molecule has 1 saturated heterocycles. The standard InChI is InChI=1S/C17H19FN2O4/c1-3-22-17-19-14(10-23-17)16(21)20-8-11(2)24-15(9-20)12-4-6-13(18)7-5-12/h4-7,10-11,15H,3,8-9H2,1-2H3. The maximum atomic E-state index is 13.1. The minimum atomic E-state index is -0.309. The van der Waals surface area contributed by atoms with Gasteiger partial charge in [-0.1, -0.05) is 12.1 Å². The van der Waals surface area contributed by atoms with Crippen molar-refractivity contribution < 1.29 is 23.1 Å². The van der Waals surface area contributed by atoms with Crippen LogP contribution in [0.1, 0.15) is 36.0 Å². The zero-order chi connectivity index (χ0) is 17.1. The number of nitrogens with zero attached hydrogens (tertiary/aromatic N) is 2. The number of halogens is 1. The van der Waals surface area contributed by atoms with E-state index in [1.54, 1.807) is 17.0 Å². The predicted octanol–water partition coefficient (Wildman–Crippen LogP) is 2.81. The molecule has 2 aromatic rings. The summed E-state index contributed by atoms with van der Waals surface area (Å²) in [5.74, 6) is -0.548. The van der Waals surface area contributed by atoms with Crippen LogP contribution in [0.3, 0.4) is 0 Å². The van der Waals surface area contributed by atoms with Crippen LogP contribution >= 0.6 is 0 Å². The molecule has 3 rings (SSSR count). The maximum Gasteiger partial charge on any atom is 0.394 e. The van der Waals surface area contributed by atoms with E-state index in [-0.39, 0.29) is 35.7 Å². The van der Waals surface area contributed by atoms with Crippen molar-refractivity contribution in [3.63, 3.8) is 0 Å². The first kappa shape index (κ1) is 16.4. The lowest BCUT2D eigenvalue weighted by Gasteiger charge is -2.36. The summed E-state index contributed by atoms with van der Waals surface area (Å²) in [6.45, 7) is 4.93. The van der Waals surface area contributed by atoms with Crippen LogP contribution in [0.4, 0.5) is 4.39 Å². The highest BCUT2D eigenvalue weighted by molar-refractivity contribution is 5.92. The number of carbonyl (C=O) groups excluding carboxylic acids is 1. The Balaban J connectivity index is 1.74. The van der Waals surface area contributed by atoms with Gasteiger partial charge < -0.3 is 18.8 Å². The molecule has 2 atom stereocenters. The monoisotopic (exact) mass is 334 g/mol. The third-order valence-corrected chi connectivity index (χ3v) is 3.76. The van der Waals surface area contributed by atoms with E-state index >= 15 is 0 Å². The van der Waals surface area contributed by atoms with Crippen LogP contribution in [-0.4, -0.2) is 41.6 Å². The summed E-state index contributed by atoms with van der Waals surface area (Å²) in [5, 5.41) is 0. The van der Waals surface area contributed by atoms with Gasteiger partial charge >= 0.3 is 6.08 Å². The van der Waals surface area contributed by atoms with Gasteiger partial charge in [-0.15, -0.1) is 0 Å². The summed E-state index contributed by atoms with van der Waals surface area (Å²) in [6.07, 6.45) is 0.921. The Labute approximate surface area is 139 Å². The summed E-state index contributed by atoms with van der Waals surface area (Å²) in [4.78, 5) is 18.3. The second-order valence-electron chi connectivity index (χ2n) is 5.63. The van der Waals surface area contributed by atoms with Gasteiger partial charge in [-0.3, -0.25) is 4.79 Å². The van der Waals surface area contributed by atoms with Gasteiger partial charge in [0.15, 0.2) is 5.69 Å². The number of ether oxygens (including phenoxy) is 2. The molecule has 6 nitrogen and oxygen atoms in total. The largest absolute Gasteiger partial charge is 0.450 e.